The van der Waals surface area contributed by atoms with Crippen molar-refractivity contribution in [2.75, 3.05) is 25.0 Å². The fourth-order valence-electron chi connectivity index (χ4n) is 2.43. The third-order valence-electron chi connectivity index (χ3n) is 3.49. The number of hydrogen-bond acceptors (Lipinski definition) is 2. The van der Waals surface area contributed by atoms with Gasteiger partial charge in [-0.15, -0.1) is 0 Å². The summed E-state index contributed by atoms with van der Waals surface area (Å²) in [5, 5.41) is 1.01. The minimum absolute atomic E-state index is 0.100. The van der Waals surface area contributed by atoms with Crippen LogP contribution in [0.25, 0.3) is 0 Å². The number of amides is 1. The fourth-order valence-corrected chi connectivity index (χ4v) is 3.08. The average molecular weight is 326 g/mol. The number of ether oxygens (including phenoxy) is 1. The van der Waals surface area contributed by atoms with Crippen molar-refractivity contribution in [1.29, 1.82) is 0 Å². The first-order chi connectivity index (χ1) is 9.29. The first-order valence-electron chi connectivity index (χ1n) is 6.81. The van der Waals surface area contributed by atoms with E-state index in [1.54, 1.807) is 0 Å². The molecule has 1 atom stereocenters. The fraction of sp³-hybridized carbons (Fsp3) is 0.533. The number of nitrogens with zero attached hydrogens (tertiary/aromatic N) is 1. The summed E-state index contributed by atoms with van der Waals surface area (Å²) in [5.74, 6) is 1.49. The third-order valence-corrected chi connectivity index (χ3v) is 3.95. The Morgan fingerprint density at radius 2 is 2.16 bits per heavy atom. The second-order valence-corrected chi connectivity index (χ2v) is 5.72. The van der Waals surface area contributed by atoms with Crippen LogP contribution >= 0.6 is 15.9 Å². The average Bonchev–Trinajstić information content (AvgIpc) is 2.46. The first-order valence-corrected chi connectivity index (χ1v) is 7.93. The van der Waals surface area contributed by atoms with Crippen LogP contribution in [-0.2, 0) is 4.79 Å². The molecule has 1 aliphatic rings. The van der Waals surface area contributed by atoms with E-state index in [0.717, 1.165) is 37.0 Å². The van der Waals surface area contributed by atoms with E-state index in [0.29, 0.717) is 5.92 Å². The molecule has 0 N–H and O–H groups in total. The van der Waals surface area contributed by atoms with Crippen molar-refractivity contribution in [1.82, 2.24) is 4.90 Å². The molecule has 4 heteroatoms. The Morgan fingerprint density at radius 3 is 2.89 bits per heavy atom. The minimum Gasteiger partial charge on any atom is -0.484 e. The van der Waals surface area contributed by atoms with E-state index < -0.39 is 0 Å². The lowest BCUT2D eigenvalue weighted by atomic mass is 9.96. The van der Waals surface area contributed by atoms with Crippen molar-refractivity contribution in [3.8, 4) is 5.75 Å². The van der Waals surface area contributed by atoms with E-state index in [-0.39, 0.29) is 12.5 Å². The molecule has 1 aromatic rings. The van der Waals surface area contributed by atoms with Crippen LogP contribution in [0.3, 0.4) is 0 Å². The lowest BCUT2D eigenvalue weighted by Gasteiger charge is -2.32. The number of para-hydroxylation sites is 1. The van der Waals surface area contributed by atoms with Gasteiger partial charge in [0.2, 0.25) is 0 Å². The summed E-state index contributed by atoms with van der Waals surface area (Å²) in [6.07, 6.45) is 3.48. The van der Waals surface area contributed by atoms with E-state index in [9.17, 15) is 4.79 Å². The van der Waals surface area contributed by atoms with Crippen LogP contribution in [0.15, 0.2) is 30.3 Å². The third kappa shape index (κ3) is 4.53. The Labute approximate surface area is 123 Å². The van der Waals surface area contributed by atoms with E-state index in [2.05, 4.69) is 15.9 Å². The molecule has 1 amide bonds. The van der Waals surface area contributed by atoms with Crippen molar-refractivity contribution in [3.05, 3.63) is 30.3 Å². The van der Waals surface area contributed by atoms with Crippen molar-refractivity contribution in [2.24, 2.45) is 5.92 Å². The molecule has 1 heterocycles. The van der Waals surface area contributed by atoms with E-state index in [1.807, 2.05) is 35.2 Å². The highest BCUT2D eigenvalue weighted by molar-refractivity contribution is 9.09. The molecule has 1 aliphatic heterocycles. The smallest absolute Gasteiger partial charge is 0.260 e. The van der Waals surface area contributed by atoms with Gasteiger partial charge in [0.05, 0.1) is 0 Å². The highest BCUT2D eigenvalue weighted by atomic mass is 79.9. The van der Waals surface area contributed by atoms with Gasteiger partial charge in [0.15, 0.2) is 6.61 Å². The second kappa shape index (κ2) is 7.53. The summed E-state index contributed by atoms with van der Waals surface area (Å²) >= 11 is 3.48. The monoisotopic (exact) mass is 325 g/mol. The van der Waals surface area contributed by atoms with Gasteiger partial charge < -0.3 is 9.64 Å². The summed E-state index contributed by atoms with van der Waals surface area (Å²) < 4.78 is 5.52. The molecule has 1 unspecified atom stereocenters. The van der Waals surface area contributed by atoms with Gasteiger partial charge in [-0.2, -0.15) is 0 Å². The molecule has 0 bridgehead atoms. The number of alkyl halides is 1. The van der Waals surface area contributed by atoms with Gasteiger partial charge in [0.1, 0.15) is 5.75 Å². The minimum atomic E-state index is 0.100. The first kappa shape index (κ1) is 14.4. The standard InChI is InChI=1S/C15H20BrNO2/c16-9-8-13-5-4-10-17(11-13)15(18)12-19-14-6-2-1-3-7-14/h1-3,6-7,13H,4-5,8-12H2. The van der Waals surface area contributed by atoms with Gasteiger partial charge >= 0.3 is 0 Å². The Morgan fingerprint density at radius 1 is 1.37 bits per heavy atom. The Bertz CT molecular complexity index is 394. The largest absolute Gasteiger partial charge is 0.484 e. The number of hydrogen-bond donors (Lipinski definition) is 0. The molecular formula is C15H20BrNO2. The number of carbonyl (C=O) groups is 1. The van der Waals surface area contributed by atoms with Gasteiger partial charge in [-0.3, -0.25) is 4.79 Å². The van der Waals surface area contributed by atoms with E-state index in [1.165, 1.54) is 6.42 Å². The number of rotatable bonds is 5. The van der Waals surface area contributed by atoms with Gasteiger partial charge in [-0.1, -0.05) is 34.1 Å². The summed E-state index contributed by atoms with van der Waals surface area (Å²) in [5.41, 5.74) is 0. The molecule has 1 saturated heterocycles. The molecule has 19 heavy (non-hydrogen) atoms. The maximum atomic E-state index is 12.1. The maximum Gasteiger partial charge on any atom is 0.260 e. The van der Waals surface area contributed by atoms with E-state index in [4.69, 9.17) is 4.74 Å². The summed E-state index contributed by atoms with van der Waals surface area (Å²) in [6, 6.07) is 9.50. The molecule has 3 nitrogen and oxygen atoms in total. The normalized spacial score (nSPS) is 19.2. The predicted octanol–water partition coefficient (Wildman–Crippen LogP) is 3.09. The molecule has 104 valence electrons. The van der Waals surface area contributed by atoms with Gasteiger partial charge in [-0.05, 0) is 37.3 Å². The molecule has 1 fully saturated rings. The summed E-state index contributed by atoms with van der Waals surface area (Å²) in [7, 11) is 0. The SMILES string of the molecule is O=C(COc1ccccc1)N1CCCC(CCBr)C1. The maximum absolute atomic E-state index is 12.1. The van der Waals surface area contributed by atoms with Gasteiger partial charge in [0, 0.05) is 18.4 Å². The number of benzene rings is 1. The number of likely N-dealkylation sites (tertiary alicyclic amines) is 1. The van der Waals surface area contributed by atoms with Crippen LogP contribution in [0.2, 0.25) is 0 Å². The molecule has 0 aliphatic carbocycles. The molecule has 2 rings (SSSR count). The van der Waals surface area contributed by atoms with Crippen LogP contribution in [0, 0.1) is 5.92 Å². The molecule has 0 aromatic heterocycles. The quantitative estimate of drug-likeness (QED) is 0.778. The molecular weight excluding hydrogens is 306 g/mol. The highest BCUT2D eigenvalue weighted by Crippen LogP contribution is 2.20. The lowest BCUT2D eigenvalue weighted by molar-refractivity contribution is -0.135. The number of halogens is 1. The molecule has 0 saturated carbocycles. The van der Waals surface area contributed by atoms with Gasteiger partial charge in [-0.25, -0.2) is 0 Å². The molecule has 0 radical (unpaired) electrons. The number of piperidine rings is 1. The zero-order valence-electron chi connectivity index (χ0n) is 11.1. The van der Waals surface area contributed by atoms with Crippen molar-refractivity contribution < 1.29 is 9.53 Å². The number of carbonyl (C=O) groups excluding carboxylic acids is 1. The Balaban J connectivity index is 1.79. The van der Waals surface area contributed by atoms with Crippen LogP contribution in [0.1, 0.15) is 19.3 Å². The van der Waals surface area contributed by atoms with Crippen molar-refractivity contribution in [2.45, 2.75) is 19.3 Å². The van der Waals surface area contributed by atoms with Crippen LogP contribution in [-0.4, -0.2) is 35.8 Å². The van der Waals surface area contributed by atoms with Crippen LogP contribution in [0.4, 0.5) is 0 Å². The van der Waals surface area contributed by atoms with Crippen molar-refractivity contribution >= 4 is 21.8 Å². The van der Waals surface area contributed by atoms with Crippen molar-refractivity contribution in [3.63, 3.8) is 0 Å². The van der Waals surface area contributed by atoms with Gasteiger partial charge in [0.25, 0.3) is 5.91 Å². The summed E-state index contributed by atoms with van der Waals surface area (Å²) in [4.78, 5) is 14.1. The summed E-state index contributed by atoms with van der Waals surface area (Å²) in [6.45, 7) is 1.89. The van der Waals surface area contributed by atoms with E-state index >= 15 is 0 Å². The Hall–Kier alpha value is -1.03. The van der Waals surface area contributed by atoms with Crippen LogP contribution < -0.4 is 4.74 Å². The predicted molar refractivity (Wildman–Crippen MR) is 79.7 cm³/mol. The zero-order chi connectivity index (χ0) is 13.5. The molecule has 1 aromatic carbocycles. The highest BCUT2D eigenvalue weighted by Gasteiger charge is 2.23. The van der Waals surface area contributed by atoms with Crippen LogP contribution in [0.5, 0.6) is 5.75 Å². The molecule has 0 spiro atoms. The topological polar surface area (TPSA) is 29.5 Å². The Kier molecular flexibility index (Phi) is 5.70. The lowest BCUT2D eigenvalue weighted by Crippen LogP contribution is -2.42. The second-order valence-electron chi connectivity index (χ2n) is 4.93. The zero-order valence-corrected chi connectivity index (χ0v) is 12.6.